The molecule has 492 valence electrons. The van der Waals surface area contributed by atoms with Gasteiger partial charge in [-0.15, -0.1) is 0 Å². The van der Waals surface area contributed by atoms with E-state index < -0.39 is 103 Å². The largest absolute Gasteiger partial charge is 0.388 e. The molecule has 2 aromatic carbocycles. The zero-order chi connectivity index (χ0) is 63.0. The van der Waals surface area contributed by atoms with Crippen LogP contribution in [0, 0.1) is 23.7 Å². The molecule has 4 fully saturated rings. The topological polar surface area (TPSA) is 206 Å². The molecule has 16 nitrogen and oxygen atoms in total. The molecular formula is C69H117N2O14P. The molecule has 1 amide bonds. The SMILES string of the molecule is CC[C@H]1OC(=O)[C@H](C)[C@@H](CO[C@H]2C[C@@](C)(OC)[C@@H](O)[C@H](C)O2)[C@H](C)[C@@H](O[C@@H]2O[C@H](C)C[C@H](N(C)C)[C@H]2O)[C@](C)(O)C[C@@H](C)CN(C(=O)CCCCCCCCCCCCC[PH](c2ccccc2)(c2ccccc2)C2CCOCC2)[C@H](C)[C@@H](O)[C@@]1(C)O. The van der Waals surface area contributed by atoms with Crippen LogP contribution in [0.15, 0.2) is 60.7 Å². The first-order valence-corrected chi connectivity index (χ1v) is 35.6. The van der Waals surface area contributed by atoms with Crippen LogP contribution in [0.2, 0.25) is 0 Å². The zero-order valence-corrected chi connectivity index (χ0v) is 56.1. The number of rotatable bonds is 25. The fourth-order valence-corrected chi connectivity index (χ4v) is 21.1. The number of hydrogen-bond acceptors (Lipinski definition) is 15. The van der Waals surface area contributed by atoms with Crippen LogP contribution < -0.4 is 10.6 Å². The minimum Gasteiger partial charge on any atom is -0.388 e. The number of aliphatic hydroxyl groups is 5. The molecule has 5 N–H and O–H groups in total. The summed E-state index contributed by atoms with van der Waals surface area (Å²) in [6.45, 7) is 19.4. The number of cyclic esters (lactones) is 1. The Morgan fingerprint density at radius 3 is 1.87 bits per heavy atom. The zero-order valence-electron chi connectivity index (χ0n) is 55.1. The molecular weight excluding hydrogens is 1110 g/mol. The fraction of sp³-hybridized carbons (Fsp3) is 0.797. The molecule has 4 saturated heterocycles. The average Bonchev–Trinajstić information content (AvgIpc) is 1.30. The maximum atomic E-state index is 14.7. The van der Waals surface area contributed by atoms with E-state index in [2.05, 4.69) is 60.7 Å². The molecule has 0 saturated carbocycles. The molecule has 6 rings (SSSR count). The van der Waals surface area contributed by atoms with Crippen LogP contribution in [-0.4, -0.2) is 191 Å². The molecule has 4 aliphatic heterocycles. The summed E-state index contributed by atoms with van der Waals surface area (Å²) in [5.41, 5.74) is -3.94. The summed E-state index contributed by atoms with van der Waals surface area (Å²) in [4.78, 5) is 32.9. The van der Waals surface area contributed by atoms with E-state index in [9.17, 15) is 35.1 Å². The van der Waals surface area contributed by atoms with E-state index in [1.807, 2.05) is 39.8 Å². The van der Waals surface area contributed by atoms with Crippen LogP contribution in [0.25, 0.3) is 0 Å². The Kier molecular flexibility index (Phi) is 28.3. The van der Waals surface area contributed by atoms with Gasteiger partial charge in [0, 0.05) is 38.5 Å². The van der Waals surface area contributed by atoms with E-state index in [0.29, 0.717) is 18.5 Å². The molecule has 0 spiro atoms. The minimum absolute atomic E-state index is 0.0817. The van der Waals surface area contributed by atoms with Crippen molar-refractivity contribution in [2.24, 2.45) is 23.7 Å². The number of esters is 1. The summed E-state index contributed by atoms with van der Waals surface area (Å²) in [7, 11) is 3.30. The molecule has 18 atom stereocenters. The molecule has 4 heterocycles. The second kappa shape index (κ2) is 33.6. The molecule has 0 aliphatic carbocycles. The first-order valence-electron chi connectivity index (χ1n) is 33.3. The summed E-state index contributed by atoms with van der Waals surface area (Å²) in [5.74, 6) is -3.57. The molecule has 0 unspecified atom stereocenters. The number of methoxy groups -OCH3 is 1. The van der Waals surface area contributed by atoms with Crippen molar-refractivity contribution in [3.8, 4) is 0 Å². The second-order valence-corrected chi connectivity index (χ2v) is 32.1. The minimum atomic E-state index is -2.02. The molecule has 17 heteroatoms. The maximum Gasteiger partial charge on any atom is 0.126 e. The second-order valence-electron chi connectivity index (χ2n) is 27.6. The smallest absolute Gasteiger partial charge is 0.126 e. The van der Waals surface area contributed by atoms with Crippen LogP contribution in [0.1, 0.15) is 185 Å². The predicted molar refractivity (Wildman–Crippen MR) is 342 cm³/mol. The van der Waals surface area contributed by atoms with Crippen LogP contribution in [0.4, 0.5) is 0 Å². The standard InChI is InChI=1S/C69H117N2O14P/c1-14-58-69(10,78)62(74)51(6)71(59(72)36-30-22-20-18-16-15-17-19-21-23-31-41-86(53-32-26-24-27-33-53,54-34-28-25-29-35-54)55-37-39-80-40-38-55)45-47(2)43-67(8,77)64(85-66-61(73)57(70(11)12)42-48(3)82-66)49(4)56(50(5)65(76)84-58)46-81-60-44-68(9,79-13)63(75)52(7)83-60/h24-29,32-35,47-52,55-58,60-64,66,73-75,77-78,86H,14-23,30-31,36-46H2,1-13H3/t47-,48-,49+,50-,51-,52+,56+,57+,58-,60-,61-,62-,63+,64-,66+,67-,68-,69+/m1/s1. The summed E-state index contributed by atoms with van der Waals surface area (Å²) >= 11 is 0. The Labute approximate surface area is 518 Å². The van der Waals surface area contributed by atoms with Crippen LogP contribution in [0.3, 0.4) is 0 Å². The summed E-state index contributed by atoms with van der Waals surface area (Å²) in [5, 5.41) is 63.6. The number of likely N-dealkylation sites (N-methyl/N-ethyl adjacent to an activating group) is 1. The van der Waals surface area contributed by atoms with E-state index >= 15 is 0 Å². The van der Waals surface area contributed by atoms with Gasteiger partial charge in [-0.25, -0.2) is 0 Å². The van der Waals surface area contributed by atoms with Gasteiger partial charge in [0.25, 0.3) is 0 Å². The quantitative estimate of drug-likeness (QED) is 0.0357. The van der Waals surface area contributed by atoms with E-state index in [0.717, 1.165) is 51.7 Å². The van der Waals surface area contributed by atoms with Crippen molar-refractivity contribution in [3.63, 3.8) is 0 Å². The summed E-state index contributed by atoms with van der Waals surface area (Å²) in [6, 6.07) is 21.6. The average molecular weight is 1230 g/mol. The van der Waals surface area contributed by atoms with Gasteiger partial charge in [0.05, 0.1) is 48.1 Å². The Bertz CT molecular complexity index is 2250. The van der Waals surface area contributed by atoms with E-state index in [1.54, 1.807) is 57.1 Å². The van der Waals surface area contributed by atoms with Gasteiger partial charge in [0.2, 0.25) is 5.91 Å². The number of benzene rings is 2. The van der Waals surface area contributed by atoms with Gasteiger partial charge in [-0.2, -0.15) is 0 Å². The number of ether oxygens (including phenoxy) is 7. The Morgan fingerprint density at radius 1 is 0.767 bits per heavy atom. The van der Waals surface area contributed by atoms with Crippen molar-refractivity contribution >= 4 is 29.7 Å². The van der Waals surface area contributed by atoms with Gasteiger partial charge >= 0.3 is 198 Å². The van der Waals surface area contributed by atoms with E-state index in [1.165, 1.54) is 58.7 Å². The van der Waals surface area contributed by atoms with Crippen LogP contribution in [0.5, 0.6) is 0 Å². The Morgan fingerprint density at radius 2 is 1.33 bits per heavy atom. The predicted octanol–water partition coefficient (Wildman–Crippen LogP) is 9.31. The number of aliphatic hydroxyl groups excluding tert-OH is 3. The Balaban J connectivity index is 1.10. The van der Waals surface area contributed by atoms with Crippen molar-refractivity contribution in [2.75, 3.05) is 53.7 Å². The first-order chi connectivity index (χ1) is 40.8. The molecule has 4 aliphatic rings. The normalized spacial score (nSPS) is 36.1. The monoisotopic (exact) mass is 1230 g/mol. The van der Waals surface area contributed by atoms with Crippen molar-refractivity contribution in [2.45, 2.75) is 275 Å². The number of hydrogen-bond donors (Lipinski definition) is 5. The van der Waals surface area contributed by atoms with Crippen molar-refractivity contribution in [3.05, 3.63) is 60.7 Å². The van der Waals surface area contributed by atoms with Gasteiger partial charge in [0.15, 0.2) is 12.6 Å². The van der Waals surface area contributed by atoms with Gasteiger partial charge in [-0.3, -0.25) is 9.59 Å². The third kappa shape index (κ3) is 18.5. The number of carbonyl (C=O) groups excluding carboxylic acids is 2. The number of unbranched alkanes of at least 4 members (excludes halogenated alkanes) is 10. The molecule has 86 heavy (non-hydrogen) atoms. The molecule has 0 radical (unpaired) electrons. The maximum absolute atomic E-state index is 14.7. The van der Waals surface area contributed by atoms with Crippen molar-refractivity contribution in [1.29, 1.82) is 0 Å². The van der Waals surface area contributed by atoms with Gasteiger partial charge in [-0.05, 0) is 86.7 Å². The third-order valence-electron chi connectivity index (χ3n) is 20.7. The van der Waals surface area contributed by atoms with Gasteiger partial charge < -0.3 is 63.8 Å². The number of nitrogens with zero attached hydrogens (tertiary/aromatic N) is 2. The molecule has 2 aromatic rings. The van der Waals surface area contributed by atoms with Crippen LogP contribution in [-0.2, 0) is 42.7 Å². The fourth-order valence-electron chi connectivity index (χ4n) is 15.3. The van der Waals surface area contributed by atoms with Crippen molar-refractivity contribution < 1.29 is 68.3 Å². The molecule has 0 bridgehead atoms. The summed E-state index contributed by atoms with van der Waals surface area (Å²) < 4.78 is 43.8. The number of carbonyl (C=O) groups is 2. The summed E-state index contributed by atoms with van der Waals surface area (Å²) in [6.07, 6.45) is 8.38. The van der Waals surface area contributed by atoms with E-state index in [4.69, 9.17) is 33.2 Å². The number of amides is 1. The van der Waals surface area contributed by atoms with E-state index in [-0.39, 0.29) is 62.8 Å². The van der Waals surface area contributed by atoms with Crippen molar-refractivity contribution in [1.82, 2.24) is 9.80 Å². The first kappa shape index (κ1) is 72.4. The Hall–Kier alpha value is -2.67. The third-order valence-corrected chi connectivity index (χ3v) is 26.5. The van der Waals surface area contributed by atoms with Gasteiger partial charge in [-0.1, -0.05) is 27.7 Å². The van der Waals surface area contributed by atoms with Crippen LogP contribution >= 0.6 is 7.26 Å². The molecule has 0 aromatic heterocycles. The van der Waals surface area contributed by atoms with Gasteiger partial charge in [0.1, 0.15) is 30.0 Å².